The maximum Gasteiger partial charge on any atom is 0.216 e. The third-order valence-electron chi connectivity index (χ3n) is 5.44. The molecule has 0 unspecified atom stereocenters. The van der Waals surface area contributed by atoms with Crippen molar-refractivity contribution in [3.05, 3.63) is 64.8 Å². The summed E-state index contributed by atoms with van der Waals surface area (Å²) in [4.78, 5) is 0. The van der Waals surface area contributed by atoms with Gasteiger partial charge in [0.2, 0.25) is 5.69 Å². The van der Waals surface area contributed by atoms with E-state index in [1.165, 1.54) is 0 Å². The zero-order valence-corrected chi connectivity index (χ0v) is 17.1. The van der Waals surface area contributed by atoms with Crippen molar-refractivity contribution in [3.63, 3.8) is 0 Å². The van der Waals surface area contributed by atoms with E-state index in [-0.39, 0.29) is 0 Å². The fourth-order valence-corrected chi connectivity index (χ4v) is 4.17. The summed E-state index contributed by atoms with van der Waals surface area (Å²) < 4.78 is 8.55. The second-order valence-corrected chi connectivity index (χ2v) is 8.07. The Balaban J connectivity index is 2.15. The Kier molecular flexibility index (Phi) is 4.43. The predicted octanol–water partition coefficient (Wildman–Crippen LogP) is 5.76. The summed E-state index contributed by atoms with van der Waals surface area (Å²) in [7, 11) is 2.04. The van der Waals surface area contributed by atoms with Crippen molar-refractivity contribution in [1.82, 2.24) is 0 Å². The van der Waals surface area contributed by atoms with Crippen LogP contribution in [0, 0.1) is 31.1 Å². The van der Waals surface area contributed by atoms with Crippen LogP contribution in [0.4, 0.5) is 0 Å². The van der Waals surface area contributed by atoms with Crippen LogP contribution in [0.3, 0.4) is 0 Å². The largest absolute Gasteiger partial charge is 0.455 e. The highest BCUT2D eigenvalue weighted by atomic mass is 16.3. The molecule has 0 saturated carbocycles. The first-order chi connectivity index (χ1) is 13.4. The summed E-state index contributed by atoms with van der Waals surface area (Å²) in [6, 6.07) is 15.0. The van der Waals surface area contributed by atoms with Crippen molar-refractivity contribution in [1.29, 1.82) is 5.26 Å². The zero-order valence-electron chi connectivity index (χ0n) is 17.1. The van der Waals surface area contributed by atoms with Crippen molar-refractivity contribution in [2.24, 2.45) is 13.0 Å². The van der Waals surface area contributed by atoms with Gasteiger partial charge >= 0.3 is 0 Å². The van der Waals surface area contributed by atoms with Crippen LogP contribution >= 0.6 is 0 Å². The summed E-state index contributed by atoms with van der Waals surface area (Å²) in [6.45, 7) is 8.55. The Morgan fingerprint density at radius 2 is 1.86 bits per heavy atom. The number of hydrogen-bond donors (Lipinski definition) is 0. The van der Waals surface area contributed by atoms with Crippen LogP contribution in [-0.4, -0.2) is 0 Å². The number of aryl methyl sites for hydroxylation is 3. The SMILES string of the molecule is Cc1ccc2c(oc3c(C)cc(CC(C)C)c(C#N)c32)c1-c1cccc[n+]1C. The number of benzene rings is 2. The van der Waals surface area contributed by atoms with Gasteiger partial charge in [0.1, 0.15) is 24.3 Å². The van der Waals surface area contributed by atoms with Crippen molar-refractivity contribution >= 4 is 21.9 Å². The highest BCUT2D eigenvalue weighted by molar-refractivity contribution is 6.13. The van der Waals surface area contributed by atoms with Crippen LogP contribution in [0.25, 0.3) is 33.2 Å². The van der Waals surface area contributed by atoms with Gasteiger partial charge in [-0.2, -0.15) is 5.26 Å². The molecule has 2 heterocycles. The van der Waals surface area contributed by atoms with Crippen LogP contribution in [0.15, 0.2) is 47.0 Å². The zero-order chi connectivity index (χ0) is 20.0. The van der Waals surface area contributed by atoms with Gasteiger partial charge in [-0.05, 0) is 48.9 Å². The molecule has 0 amide bonds. The van der Waals surface area contributed by atoms with E-state index in [4.69, 9.17) is 4.42 Å². The second kappa shape index (κ2) is 6.80. The highest BCUT2D eigenvalue weighted by Gasteiger charge is 2.23. The molecular formula is C25H25N2O+. The first-order valence-corrected chi connectivity index (χ1v) is 9.75. The van der Waals surface area contributed by atoms with E-state index in [1.807, 2.05) is 25.4 Å². The third-order valence-corrected chi connectivity index (χ3v) is 5.44. The fourth-order valence-electron chi connectivity index (χ4n) is 4.17. The Hall–Kier alpha value is -3.12. The van der Waals surface area contributed by atoms with Gasteiger partial charge in [-0.1, -0.05) is 32.0 Å². The van der Waals surface area contributed by atoms with Gasteiger partial charge in [0.15, 0.2) is 6.20 Å². The maximum absolute atomic E-state index is 9.99. The Morgan fingerprint density at radius 3 is 2.54 bits per heavy atom. The van der Waals surface area contributed by atoms with Crippen molar-refractivity contribution in [3.8, 4) is 17.3 Å². The number of aromatic nitrogens is 1. The maximum atomic E-state index is 9.99. The van der Waals surface area contributed by atoms with Crippen molar-refractivity contribution < 1.29 is 8.98 Å². The molecule has 0 saturated heterocycles. The summed E-state index contributed by atoms with van der Waals surface area (Å²) in [6.07, 6.45) is 2.93. The van der Waals surface area contributed by atoms with Gasteiger partial charge in [-0.3, -0.25) is 0 Å². The predicted molar refractivity (Wildman–Crippen MR) is 113 cm³/mol. The average molecular weight is 369 g/mol. The molecule has 28 heavy (non-hydrogen) atoms. The molecule has 4 aromatic rings. The molecule has 0 N–H and O–H groups in total. The summed E-state index contributed by atoms with van der Waals surface area (Å²) in [5.41, 5.74) is 7.97. The highest BCUT2D eigenvalue weighted by Crippen LogP contribution is 2.40. The summed E-state index contributed by atoms with van der Waals surface area (Å²) in [5.74, 6) is 0.489. The molecule has 0 aliphatic carbocycles. The van der Waals surface area contributed by atoms with E-state index >= 15 is 0 Å². The standard InChI is InChI=1S/C25H25N2O/c1-15(2)12-18-13-17(4)24-23(20(18)14-26)19-10-9-16(3)22(25(19)28-24)21-8-6-7-11-27(21)5/h6-11,13,15H,12H2,1-5H3/q+1. The fraction of sp³-hybridized carbons (Fsp3) is 0.280. The first kappa shape index (κ1) is 18.3. The van der Waals surface area contributed by atoms with Crippen LogP contribution in [0.2, 0.25) is 0 Å². The van der Waals surface area contributed by atoms with Gasteiger partial charge in [0.25, 0.3) is 0 Å². The lowest BCUT2D eigenvalue weighted by atomic mass is 9.92. The molecule has 140 valence electrons. The van der Waals surface area contributed by atoms with Crippen LogP contribution in [0.1, 0.15) is 36.1 Å². The summed E-state index contributed by atoms with van der Waals surface area (Å²) in [5, 5.41) is 12.0. The smallest absolute Gasteiger partial charge is 0.216 e. The molecule has 0 aliphatic rings. The number of pyridine rings is 1. The van der Waals surface area contributed by atoms with Crippen molar-refractivity contribution in [2.75, 3.05) is 0 Å². The van der Waals surface area contributed by atoms with Crippen LogP contribution in [0.5, 0.6) is 0 Å². The van der Waals surface area contributed by atoms with E-state index < -0.39 is 0 Å². The van der Waals surface area contributed by atoms with Crippen LogP contribution < -0.4 is 4.57 Å². The van der Waals surface area contributed by atoms with E-state index in [1.54, 1.807) is 0 Å². The molecule has 0 atom stereocenters. The van der Waals surface area contributed by atoms with E-state index in [2.05, 4.69) is 62.6 Å². The first-order valence-electron chi connectivity index (χ1n) is 9.75. The van der Waals surface area contributed by atoms with Gasteiger partial charge in [-0.15, -0.1) is 0 Å². The lowest BCUT2D eigenvalue weighted by molar-refractivity contribution is -0.660. The van der Waals surface area contributed by atoms with Gasteiger partial charge in [-0.25, -0.2) is 4.57 Å². The van der Waals surface area contributed by atoms with E-state index in [0.29, 0.717) is 5.92 Å². The van der Waals surface area contributed by atoms with Gasteiger partial charge in [0.05, 0.1) is 11.1 Å². The number of nitrogens with zero attached hydrogens (tertiary/aromatic N) is 2. The van der Waals surface area contributed by atoms with Crippen molar-refractivity contribution in [2.45, 2.75) is 34.1 Å². The van der Waals surface area contributed by atoms with Gasteiger partial charge in [0, 0.05) is 22.9 Å². The quantitative estimate of drug-likeness (QED) is 0.431. The lowest BCUT2D eigenvalue weighted by Crippen LogP contribution is -2.30. The topological polar surface area (TPSA) is 40.8 Å². The Bertz CT molecular complexity index is 1260. The van der Waals surface area contributed by atoms with E-state index in [9.17, 15) is 5.26 Å². The molecule has 0 radical (unpaired) electrons. The minimum atomic E-state index is 0.489. The second-order valence-electron chi connectivity index (χ2n) is 8.07. The normalized spacial score (nSPS) is 11.5. The van der Waals surface area contributed by atoms with Gasteiger partial charge < -0.3 is 4.42 Å². The average Bonchev–Trinajstić information content (AvgIpc) is 3.03. The molecule has 0 spiro atoms. The molecule has 0 aliphatic heterocycles. The van der Waals surface area contributed by atoms with Crippen LogP contribution in [-0.2, 0) is 13.5 Å². The Morgan fingerprint density at radius 1 is 1.07 bits per heavy atom. The number of fused-ring (bicyclic) bond motifs is 3. The Labute approximate surface area is 165 Å². The molecule has 3 heteroatoms. The lowest BCUT2D eigenvalue weighted by Gasteiger charge is -2.09. The molecule has 2 aromatic carbocycles. The molecule has 0 bridgehead atoms. The molecule has 2 aromatic heterocycles. The summed E-state index contributed by atoms with van der Waals surface area (Å²) >= 11 is 0. The number of furan rings is 1. The van der Waals surface area contributed by atoms with E-state index in [0.717, 1.165) is 61.9 Å². The monoisotopic (exact) mass is 369 g/mol. The molecule has 0 fully saturated rings. The number of hydrogen-bond acceptors (Lipinski definition) is 2. The molecule has 3 nitrogen and oxygen atoms in total. The number of rotatable bonds is 3. The minimum Gasteiger partial charge on any atom is -0.455 e. The third kappa shape index (κ3) is 2.77. The molecular weight excluding hydrogens is 344 g/mol. The molecule has 4 rings (SSSR count). The minimum absolute atomic E-state index is 0.489. The number of nitriles is 1.